The molecule has 3 aromatic rings. The number of carbonyl (C=O) groups is 4. The van der Waals surface area contributed by atoms with Gasteiger partial charge in [0, 0.05) is 25.4 Å². The summed E-state index contributed by atoms with van der Waals surface area (Å²) in [4.78, 5) is 53.6. The molecule has 2 fully saturated rings. The van der Waals surface area contributed by atoms with Crippen LogP contribution in [0.3, 0.4) is 0 Å². The normalized spacial score (nSPS) is 19.2. The molecule has 5 rings (SSSR count). The summed E-state index contributed by atoms with van der Waals surface area (Å²) < 4.78 is 0. The first-order valence-corrected chi connectivity index (χ1v) is 15.4. The van der Waals surface area contributed by atoms with E-state index in [9.17, 15) is 24.3 Å². The third-order valence-electron chi connectivity index (χ3n) is 8.44. The van der Waals surface area contributed by atoms with E-state index in [2.05, 4.69) is 16.0 Å². The van der Waals surface area contributed by atoms with Crippen LogP contribution in [0, 0.1) is 0 Å². The summed E-state index contributed by atoms with van der Waals surface area (Å²) in [6, 6.07) is 24.8. The maximum Gasteiger partial charge on any atom is 0.326 e. The fourth-order valence-corrected chi connectivity index (χ4v) is 6.15. The summed E-state index contributed by atoms with van der Waals surface area (Å²) >= 11 is 0. The summed E-state index contributed by atoms with van der Waals surface area (Å²) in [5.41, 5.74) is 3.93. The highest BCUT2D eigenvalue weighted by Crippen LogP contribution is 2.22. The third-order valence-corrected chi connectivity index (χ3v) is 8.44. The van der Waals surface area contributed by atoms with Crippen molar-refractivity contribution in [2.45, 2.75) is 69.1 Å². The Morgan fingerprint density at radius 2 is 1.45 bits per heavy atom. The van der Waals surface area contributed by atoms with Crippen molar-refractivity contribution in [3.05, 3.63) is 96.1 Å². The molecule has 2 aliphatic heterocycles. The van der Waals surface area contributed by atoms with E-state index >= 15 is 0 Å². The Hall–Kier alpha value is -4.50. The number of aliphatic carboxylic acids is 1. The number of nitrogens with one attached hydrogen (secondary N) is 3. The average Bonchev–Trinajstić information content (AvgIpc) is 3.75. The number of benzene rings is 3. The van der Waals surface area contributed by atoms with E-state index in [-0.39, 0.29) is 30.7 Å². The van der Waals surface area contributed by atoms with Crippen molar-refractivity contribution in [1.29, 1.82) is 0 Å². The predicted molar refractivity (Wildman–Crippen MR) is 168 cm³/mol. The molecule has 2 saturated heterocycles. The van der Waals surface area contributed by atoms with Crippen LogP contribution in [-0.4, -0.2) is 71.0 Å². The van der Waals surface area contributed by atoms with Crippen molar-refractivity contribution in [1.82, 2.24) is 20.9 Å². The lowest BCUT2D eigenvalue weighted by molar-refractivity contribution is -0.149. The highest BCUT2D eigenvalue weighted by atomic mass is 16.4. The predicted octanol–water partition coefficient (Wildman–Crippen LogP) is 3.33. The van der Waals surface area contributed by atoms with E-state index in [0.717, 1.165) is 41.6 Å². The molecular weight excluding hydrogens is 556 g/mol. The lowest BCUT2D eigenvalue weighted by Gasteiger charge is -2.28. The highest BCUT2D eigenvalue weighted by molar-refractivity contribution is 5.91. The second-order valence-electron chi connectivity index (χ2n) is 11.7. The minimum absolute atomic E-state index is 0.0214. The molecule has 2 heterocycles. The van der Waals surface area contributed by atoms with Crippen molar-refractivity contribution in [2.75, 3.05) is 13.1 Å². The molecule has 9 nitrogen and oxygen atoms in total. The van der Waals surface area contributed by atoms with Crippen molar-refractivity contribution in [3.8, 4) is 11.1 Å². The van der Waals surface area contributed by atoms with Crippen LogP contribution in [0.2, 0.25) is 0 Å². The SMILES string of the molecule is O=C(CC(Cc1ccccc1)NC(=O)C1CCCN1)NC(Cc1ccc(-c2ccccc2)cc1)C(=O)N1CCCC1C(=O)O. The maximum atomic E-state index is 13.8. The van der Waals surface area contributed by atoms with Gasteiger partial charge in [-0.25, -0.2) is 4.79 Å². The molecule has 0 spiro atoms. The van der Waals surface area contributed by atoms with Crippen LogP contribution in [0.5, 0.6) is 0 Å². The zero-order valence-corrected chi connectivity index (χ0v) is 24.8. The van der Waals surface area contributed by atoms with Gasteiger partial charge in [-0.3, -0.25) is 14.4 Å². The molecule has 3 aromatic carbocycles. The second-order valence-corrected chi connectivity index (χ2v) is 11.7. The third kappa shape index (κ3) is 8.11. The van der Waals surface area contributed by atoms with Gasteiger partial charge in [0.25, 0.3) is 0 Å². The van der Waals surface area contributed by atoms with Gasteiger partial charge in [0.15, 0.2) is 0 Å². The summed E-state index contributed by atoms with van der Waals surface area (Å²) in [6.45, 7) is 1.11. The minimum Gasteiger partial charge on any atom is -0.480 e. The summed E-state index contributed by atoms with van der Waals surface area (Å²) in [6.07, 6.45) is 3.29. The zero-order chi connectivity index (χ0) is 30.9. The molecule has 4 atom stereocenters. The van der Waals surface area contributed by atoms with E-state index in [4.69, 9.17) is 0 Å². The molecule has 9 heteroatoms. The molecule has 44 heavy (non-hydrogen) atoms. The van der Waals surface area contributed by atoms with Crippen LogP contribution < -0.4 is 16.0 Å². The lowest BCUT2D eigenvalue weighted by Crippen LogP contribution is -2.54. The van der Waals surface area contributed by atoms with E-state index < -0.39 is 30.0 Å². The highest BCUT2D eigenvalue weighted by Gasteiger charge is 2.38. The molecule has 0 aliphatic carbocycles. The Morgan fingerprint density at radius 3 is 2.11 bits per heavy atom. The Morgan fingerprint density at radius 1 is 0.795 bits per heavy atom. The quantitative estimate of drug-likeness (QED) is 0.254. The largest absolute Gasteiger partial charge is 0.480 e. The Kier molecular flexibility index (Phi) is 10.4. The van der Waals surface area contributed by atoms with Gasteiger partial charge in [-0.2, -0.15) is 0 Å². The number of carbonyl (C=O) groups excluding carboxylic acids is 3. The van der Waals surface area contributed by atoms with E-state index in [1.165, 1.54) is 4.90 Å². The summed E-state index contributed by atoms with van der Waals surface area (Å²) in [5.74, 6) is -1.96. The fourth-order valence-electron chi connectivity index (χ4n) is 6.15. The van der Waals surface area contributed by atoms with Gasteiger partial charge in [0.1, 0.15) is 12.1 Å². The van der Waals surface area contributed by atoms with Crippen LogP contribution in [0.25, 0.3) is 11.1 Å². The molecule has 230 valence electrons. The van der Waals surface area contributed by atoms with Gasteiger partial charge in [0.05, 0.1) is 6.04 Å². The van der Waals surface area contributed by atoms with Gasteiger partial charge in [-0.15, -0.1) is 0 Å². The van der Waals surface area contributed by atoms with Crippen molar-refractivity contribution >= 4 is 23.7 Å². The van der Waals surface area contributed by atoms with Crippen molar-refractivity contribution in [2.24, 2.45) is 0 Å². The molecule has 0 radical (unpaired) electrons. The number of likely N-dealkylation sites (tertiary alicyclic amines) is 1. The molecule has 0 aromatic heterocycles. The van der Waals surface area contributed by atoms with Gasteiger partial charge >= 0.3 is 5.97 Å². The van der Waals surface area contributed by atoms with E-state index in [0.29, 0.717) is 25.8 Å². The number of hydrogen-bond donors (Lipinski definition) is 4. The average molecular weight is 597 g/mol. The standard InChI is InChI=1S/C35H40N4O5/c40-32(23-28(21-24-9-3-1-4-10-24)37-33(41)29-13-7-19-36-29)38-30(34(42)39-20-8-14-31(39)35(43)44)22-25-15-17-27(18-16-25)26-11-5-2-6-12-26/h1-6,9-12,15-18,28-31,36H,7-8,13-14,19-23H2,(H,37,41)(H,38,40)(H,43,44). The first kappa shape index (κ1) is 30.9. The number of nitrogens with zero attached hydrogens (tertiary/aromatic N) is 1. The smallest absolute Gasteiger partial charge is 0.326 e. The maximum absolute atomic E-state index is 13.8. The first-order chi connectivity index (χ1) is 21.4. The number of hydrogen-bond acceptors (Lipinski definition) is 5. The number of carboxylic acids is 1. The molecule has 4 unspecified atom stereocenters. The van der Waals surface area contributed by atoms with Gasteiger partial charge in [-0.05, 0) is 60.9 Å². The Labute approximate surface area is 258 Å². The molecule has 3 amide bonds. The lowest BCUT2D eigenvalue weighted by atomic mass is 9.99. The van der Waals surface area contributed by atoms with Gasteiger partial charge in [0.2, 0.25) is 17.7 Å². The summed E-state index contributed by atoms with van der Waals surface area (Å²) in [5, 5.41) is 18.9. The van der Waals surface area contributed by atoms with Crippen LogP contribution in [0.1, 0.15) is 43.2 Å². The minimum atomic E-state index is -1.04. The topological polar surface area (TPSA) is 128 Å². The van der Waals surface area contributed by atoms with Crippen molar-refractivity contribution in [3.63, 3.8) is 0 Å². The van der Waals surface area contributed by atoms with Crippen LogP contribution in [0.4, 0.5) is 0 Å². The Bertz CT molecular complexity index is 1420. The van der Waals surface area contributed by atoms with E-state index in [1.54, 1.807) is 0 Å². The fraction of sp³-hybridized carbons (Fsp3) is 0.371. The van der Waals surface area contributed by atoms with Crippen LogP contribution in [-0.2, 0) is 32.0 Å². The Balaban J connectivity index is 1.32. The number of rotatable bonds is 12. The number of carboxylic acid groups (broad SMARTS) is 1. The monoisotopic (exact) mass is 596 g/mol. The molecule has 0 saturated carbocycles. The summed E-state index contributed by atoms with van der Waals surface area (Å²) in [7, 11) is 0. The van der Waals surface area contributed by atoms with Crippen LogP contribution >= 0.6 is 0 Å². The number of amides is 3. The molecule has 0 bridgehead atoms. The van der Waals surface area contributed by atoms with Gasteiger partial charge in [-0.1, -0.05) is 84.9 Å². The molecule has 4 N–H and O–H groups in total. The van der Waals surface area contributed by atoms with E-state index in [1.807, 2.05) is 84.9 Å². The zero-order valence-electron chi connectivity index (χ0n) is 24.8. The second kappa shape index (κ2) is 14.8. The van der Waals surface area contributed by atoms with Crippen LogP contribution in [0.15, 0.2) is 84.9 Å². The first-order valence-electron chi connectivity index (χ1n) is 15.4. The molecular formula is C35H40N4O5. The van der Waals surface area contributed by atoms with Gasteiger partial charge < -0.3 is 26.0 Å². The van der Waals surface area contributed by atoms with Crippen molar-refractivity contribution < 1.29 is 24.3 Å². The molecule has 2 aliphatic rings.